The molecule has 2 unspecified atom stereocenters. The van der Waals surface area contributed by atoms with Crippen LogP contribution in [0.3, 0.4) is 0 Å². The van der Waals surface area contributed by atoms with Crippen LogP contribution in [0.25, 0.3) is 10.2 Å². The van der Waals surface area contributed by atoms with Crippen LogP contribution >= 0.6 is 11.3 Å². The first-order chi connectivity index (χ1) is 8.25. The fourth-order valence-corrected chi connectivity index (χ4v) is 3.87. The molecule has 2 nitrogen and oxygen atoms in total. The third kappa shape index (κ3) is 1.98. The lowest BCUT2D eigenvalue weighted by molar-refractivity contribution is 0.305. The van der Waals surface area contributed by atoms with E-state index in [-0.39, 0.29) is 0 Å². The third-order valence-electron chi connectivity index (χ3n) is 3.67. The number of piperidine rings is 1. The van der Waals surface area contributed by atoms with Gasteiger partial charge in [-0.15, -0.1) is 11.3 Å². The number of nitrogens with one attached hydrogen (secondary N) is 1. The van der Waals surface area contributed by atoms with Gasteiger partial charge >= 0.3 is 0 Å². The van der Waals surface area contributed by atoms with E-state index in [4.69, 9.17) is 4.98 Å². The Balaban J connectivity index is 2.02. The Kier molecular flexibility index (Phi) is 2.89. The largest absolute Gasteiger partial charge is 0.308 e. The molecule has 2 heterocycles. The van der Waals surface area contributed by atoms with E-state index in [1.807, 2.05) is 11.3 Å². The Morgan fingerprint density at radius 2 is 2.29 bits per heavy atom. The highest BCUT2D eigenvalue weighted by molar-refractivity contribution is 7.18. The van der Waals surface area contributed by atoms with Crippen molar-refractivity contribution in [3.63, 3.8) is 0 Å². The van der Waals surface area contributed by atoms with Crippen LogP contribution in [0.4, 0.5) is 0 Å². The highest BCUT2D eigenvalue weighted by atomic mass is 32.1. The van der Waals surface area contributed by atoms with Gasteiger partial charge in [0.25, 0.3) is 0 Å². The lowest BCUT2D eigenvalue weighted by Crippen LogP contribution is -2.32. The molecule has 0 bridgehead atoms. The molecular weight excluding hydrogens is 228 g/mol. The highest BCUT2D eigenvalue weighted by Crippen LogP contribution is 2.34. The van der Waals surface area contributed by atoms with Crippen molar-refractivity contribution in [3.05, 3.63) is 28.8 Å². The third-order valence-corrected chi connectivity index (χ3v) is 4.78. The van der Waals surface area contributed by atoms with Crippen molar-refractivity contribution in [1.29, 1.82) is 0 Å². The van der Waals surface area contributed by atoms with Crippen LogP contribution in [0.1, 0.15) is 36.4 Å². The number of hydrogen-bond donors (Lipinski definition) is 1. The summed E-state index contributed by atoms with van der Waals surface area (Å²) in [5.74, 6) is 0.699. The van der Waals surface area contributed by atoms with Crippen LogP contribution in [-0.4, -0.2) is 11.5 Å². The van der Waals surface area contributed by atoms with E-state index in [0.29, 0.717) is 12.0 Å². The number of para-hydroxylation sites is 1. The number of aryl methyl sites for hydroxylation is 1. The average molecular weight is 246 g/mol. The monoisotopic (exact) mass is 246 g/mol. The van der Waals surface area contributed by atoms with E-state index < -0.39 is 0 Å². The van der Waals surface area contributed by atoms with Gasteiger partial charge in [0, 0.05) is 0 Å². The number of benzene rings is 1. The minimum atomic E-state index is 0.459. The maximum absolute atomic E-state index is 4.84. The molecule has 3 rings (SSSR count). The minimum Gasteiger partial charge on any atom is -0.308 e. The number of nitrogens with zero attached hydrogens (tertiary/aromatic N) is 1. The number of aromatic nitrogens is 1. The van der Waals surface area contributed by atoms with Crippen LogP contribution in [0, 0.1) is 12.8 Å². The van der Waals surface area contributed by atoms with Gasteiger partial charge in [-0.2, -0.15) is 0 Å². The molecule has 1 fully saturated rings. The molecular formula is C14H18N2S. The number of thiazole rings is 1. The van der Waals surface area contributed by atoms with Crippen molar-refractivity contribution in [3.8, 4) is 0 Å². The van der Waals surface area contributed by atoms with Crippen LogP contribution in [0.2, 0.25) is 0 Å². The summed E-state index contributed by atoms with van der Waals surface area (Å²) in [7, 11) is 0. The molecule has 1 saturated heterocycles. The first-order valence-corrected chi connectivity index (χ1v) is 7.17. The zero-order valence-electron chi connectivity index (χ0n) is 10.4. The van der Waals surface area contributed by atoms with Crippen LogP contribution in [-0.2, 0) is 0 Å². The Bertz CT molecular complexity index is 532. The van der Waals surface area contributed by atoms with Crippen molar-refractivity contribution in [2.45, 2.75) is 32.7 Å². The molecule has 1 N–H and O–H groups in total. The molecule has 90 valence electrons. The van der Waals surface area contributed by atoms with Crippen LogP contribution in [0.15, 0.2) is 18.2 Å². The lowest BCUT2D eigenvalue weighted by atomic mass is 9.93. The highest BCUT2D eigenvalue weighted by Gasteiger charge is 2.25. The zero-order chi connectivity index (χ0) is 11.8. The van der Waals surface area contributed by atoms with Gasteiger partial charge in [0.2, 0.25) is 0 Å². The summed E-state index contributed by atoms with van der Waals surface area (Å²) in [6.07, 6.45) is 2.61. The van der Waals surface area contributed by atoms with E-state index in [2.05, 4.69) is 37.4 Å². The van der Waals surface area contributed by atoms with Crippen molar-refractivity contribution in [2.75, 3.05) is 6.54 Å². The van der Waals surface area contributed by atoms with Gasteiger partial charge in [0.05, 0.1) is 16.3 Å². The second-order valence-corrected chi connectivity index (χ2v) is 6.09. The van der Waals surface area contributed by atoms with Gasteiger partial charge in [0.15, 0.2) is 0 Å². The van der Waals surface area contributed by atoms with E-state index in [0.717, 1.165) is 6.54 Å². The second kappa shape index (κ2) is 4.39. The Labute approximate surface area is 106 Å². The molecule has 0 amide bonds. The number of fused-ring (bicyclic) bond motifs is 1. The minimum absolute atomic E-state index is 0.459. The first-order valence-electron chi connectivity index (χ1n) is 6.35. The summed E-state index contributed by atoms with van der Waals surface area (Å²) < 4.78 is 1.32. The van der Waals surface area contributed by atoms with E-state index >= 15 is 0 Å². The maximum Gasteiger partial charge on any atom is 0.111 e. The molecule has 3 heteroatoms. The van der Waals surface area contributed by atoms with Crippen molar-refractivity contribution in [1.82, 2.24) is 10.3 Å². The van der Waals surface area contributed by atoms with Crippen molar-refractivity contribution < 1.29 is 0 Å². The summed E-state index contributed by atoms with van der Waals surface area (Å²) in [5.41, 5.74) is 2.47. The van der Waals surface area contributed by atoms with E-state index in [1.54, 1.807) is 0 Å². The molecule has 2 atom stereocenters. The maximum atomic E-state index is 4.84. The molecule has 0 spiro atoms. The van der Waals surface area contributed by atoms with Gasteiger partial charge in [-0.05, 0) is 43.9 Å². The topological polar surface area (TPSA) is 24.9 Å². The Hall–Kier alpha value is -0.930. The molecule has 2 aromatic rings. The smallest absolute Gasteiger partial charge is 0.111 e. The van der Waals surface area contributed by atoms with E-state index in [1.165, 1.54) is 33.6 Å². The molecule has 1 aliphatic rings. The van der Waals surface area contributed by atoms with Gasteiger partial charge in [-0.1, -0.05) is 19.1 Å². The standard InChI is InChI=1S/C14H18N2S/c1-9-5-3-7-11-12(9)16-14(17-11)13-10(2)6-4-8-15-13/h3,5,7,10,13,15H,4,6,8H2,1-2H3. The average Bonchev–Trinajstić information content (AvgIpc) is 2.75. The zero-order valence-corrected chi connectivity index (χ0v) is 11.2. The lowest BCUT2D eigenvalue weighted by Gasteiger charge is -2.28. The second-order valence-electron chi connectivity index (χ2n) is 5.03. The Morgan fingerprint density at radius 1 is 1.41 bits per heavy atom. The molecule has 0 radical (unpaired) electrons. The Morgan fingerprint density at radius 3 is 3.06 bits per heavy atom. The fourth-order valence-electron chi connectivity index (χ4n) is 2.62. The quantitative estimate of drug-likeness (QED) is 0.830. The number of hydrogen-bond acceptors (Lipinski definition) is 3. The van der Waals surface area contributed by atoms with Gasteiger partial charge < -0.3 is 5.32 Å². The first kappa shape index (κ1) is 11.2. The summed E-state index contributed by atoms with van der Waals surface area (Å²) >= 11 is 1.85. The SMILES string of the molecule is Cc1cccc2sc(C3NCCCC3C)nc12. The molecule has 0 aliphatic carbocycles. The van der Waals surface area contributed by atoms with Gasteiger partial charge in [-0.25, -0.2) is 4.98 Å². The van der Waals surface area contributed by atoms with Gasteiger partial charge in [0.1, 0.15) is 5.01 Å². The van der Waals surface area contributed by atoms with Crippen LogP contribution < -0.4 is 5.32 Å². The van der Waals surface area contributed by atoms with Gasteiger partial charge in [-0.3, -0.25) is 0 Å². The van der Waals surface area contributed by atoms with Crippen molar-refractivity contribution in [2.24, 2.45) is 5.92 Å². The molecule has 17 heavy (non-hydrogen) atoms. The predicted molar refractivity (Wildman–Crippen MR) is 73.5 cm³/mol. The number of rotatable bonds is 1. The normalized spacial score (nSPS) is 25.3. The summed E-state index contributed by atoms with van der Waals surface area (Å²) in [4.78, 5) is 4.84. The van der Waals surface area contributed by atoms with Crippen molar-refractivity contribution >= 4 is 21.6 Å². The predicted octanol–water partition coefficient (Wildman–Crippen LogP) is 3.67. The molecule has 1 aromatic carbocycles. The molecule has 1 aliphatic heterocycles. The van der Waals surface area contributed by atoms with E-state index in [9.17, 15) is 0 Å². The summed E-state index contributed by atoms with van der Waals surface area (Å²) in [6, 6.07) is 6.90. The molecule has 1 aromatic heterocycles. The summed E-state index contributed by atoms with van der Waals surface area (Å²) in [5, 5.41) is 4.88. The van der Waals surface area contributed by atoms with Crippen LogP contribution in [0.5, 0.6) is 0 Å². The fraction of sp³-hybridized carbons (Fsp3) is 0.500. The molecule has 0 saturated carbocycles. The summed E-state index contributed by atoms with van der Waals surface area (Å²) in [6.45, 7) is 5.60.